The molecule has 1 nitrogen and oxygen atoms in total. The topological polar surface area (TPSA) is 3.24 Å². The van der Waals surface area contributed by atoms with Crippen LogP contribution in [-0.4, -0.2) is 24.5 Å². The van der Waals surface area contributed by atoms with Gasteiger partial charge in [-0.05, 0) is 51.8 Å². The molecule has 0 aliphatic heterocycles. The van der Waals surface area contributed by atoms with Gasteiger partial charge in [0.15, 0.2) is 0 Å². The van der Waals surface area contributed by atoms with Crippen LogP contribution in [0.3, 0.4) is 0 Å². The van der Waals surface area contributed by atoms with E-state index >= 15 is 0 Å². The van der Waals surface area contributed by atoms with Gasteiger partial charge in [-0.1, -0.05) is 43.4 Å². The Bertz CT molecular complexity index is 297. The van der Waals surface area contributed by atoms with E-state index in [-0.39, 0.29) is 0 Å². The highest BCUT2D eigenvalue weighted by molar-refractivity contribution is 5.24. The lowest BCUT2D eigenvalue weighted by molar-refractivity contribution is 0.295. The Morgan fingerprint density at radius 2 is 2.00 bits per heavy atom. The molecule has 0 aliphatic rings. The highest BCUT2D eigenvalue weighted by atomic mass is 15.1. The van der Waals surface area contributed by atoms with Gasteiger partial charge in [0.25, 0.3) is 0 Å². The second-order valence-electron chi connectivity index (χ2n) is 4.81. The summed E-state index contributed by atoms with van der Waals surface area (Å²) in [4.78, 5) is 2.51. The second-order valence-corrected chi connectivity index (χ2v) is 4.81. The molecule has 18 heavy (non-hydrogen) atoms. The van der Waals surface area contributed by atoms with Gasteiger partial charge in [0.1, 0.15) is 0 Å². The van der Waals surface area contributed by atoms with Gasteiger partial charge in [-0.15, -0.1) is 6.58 Å². The lowest BCUT2D eigenvalue weighted by Gasteiger charge is -2.22. The van der Waals surface area contributed by atoms with Gasteiger partial charge in [0, 0.05) is 6.54 Å². The van der Waals surface area contributed by atoms with Crippen molar-refractivity contribution in [2.45, 2.75) is 40.0 Å². The highest BCUT2D eigenvalue weighted by Crippen LogP contribution is 2.07. The molecule has 1 heteroatoms. The van der Waals surface area contributed by atoms with Gasteiger partial charge in [-0.25, -0.2) is 0 Å². The Labute approximate surface area is 114 Å². The van der Waals surface area contributed by atoms with E-state index < -0.39 is 0 Å². The van der Waals surface area contributed by atoms with Crippen molar-refractivity contribution in [2.75, 3.05) is 19.6 Å². The number of allylic oxidation sites excluding steroid dienone is 4. The van der Waals surface area contributed by atoms with E-state index in [4.69, 9.17) is 0 Å². The number of rotatable bonds is 10. The van der Waals surface area contributed by atoms with Crippen LogP contribution in [-0.2, 0) is 0 Å². The average molecular weight is 247 g/mol. The summed E-state index contributed by atoms with van der Waals surface area (Å²) >= 11 is 0. The normalized spacial score (nSPS) is 12.3. The maximum absolute atomic E-state index is 3.96. The van der Waals surface area contributed by atoms with E-state index in [0.29, 0.717) is 0 Å². The predicted octanol–water partition coefficient (Wildman–Crippen LogP) is 4.74. The molecule has 0 aromatic rings. The van der Waals surface area contributed by atoms with Crippen LogP contribution >= 0.6 is 0 Å². The lowest BCUT2D eigenvalue weighted by Crippen LogP contribution is -2.27. The van der Waals surface area contributed by atoms with Gasteiger partial charge < -0.3 is 0 Å². The van der Waals surface area contributed by atoms with Crippen LogP contribution in [0, 0.1) is 0 Å². The molecule has 0 unspecified atom stereocenters. The molecule has 0 saturated heterocycles. The summed E-state index contributed by atoms with van der Waals surface area (Å²) < 4.78 is 0. The summed E-state index contributed by atoms with van der Waals surface area (Å²) in [6.07, 6.45) is 11.8. The first-order valence-electron chi connectivity index (χ1n) is 6.95. The summed E-state index contributed by atoms with van der Waals surface area (Å²) in [6.45, 7) is 17.5. The molecule has 102 valence electrons. The van der Waals surface area contributed by atoms with Crippen LogP contribution in [0.4, 0.5) is 0 Å². The van der Waals surface area contributed by atoms with E-state index in [1.807, 2.05) is 6.08 Å². The Hall–Kier alpha value is -1.08. The van der Waals surface area contributed by atoms with Gasteiger partial charge in [-0.2, -0.15) is 0 Å². The third kappa shape index (κ3) is 9.00. The first-order valence-corrected chi connectivity index (χ1v) is 6.95. The molecule has 0 heterocycles. The van der Waals surface area contributed by atoms with Crippen molar-refractivity contribution >= 4 is 0 Å². The SMILES string of the molecule is C=C/C=C(\C=C\C)CN(CCC)CCCC(=C)C. The molecule has 0 spiro atoms. The van der Waals surface area contributed by atoms with Crippen molar-refractivity contribution in [3.05, 3.63) is 48.6 Å². The third-order valence-corrected chi connectivity index (χ3v) is 2.74. The maximum Gasteiger partial charge on any atom is 0.0233 e. The predicted molar refractivity (Wildman–Crippen MR) is 83.9 cm³/mol. The largest absolute Gasteiger partial charge is 0.299 e. The molecule has 0 aromatic heterocycles. The zero-order valence-electron chi connectivity index (χ0n) is 12.4. The van der Waals surface area contributed by atoms with Gasteiger partial charge in [0.2, 0.25) is 0 Å². The highest BCUT2D eigenvalue weighted by Gasteiger charge is 2.05. The van der Waals surface area contributed by atoms with Crippen LogP contribution in [0.25, 0.3) is 0 Å². The fraction of sp³-hybridized carbons (Fsp3) is 0.529. The average Bonchev–Trinajstić information content (AvgIpc) is 2.29. The quantitative estimate of drug-likeness (QED) is 0.398. The summed E-state index contributed by atoms with van der Waals surface area (Å²) in [5.41, 5.74) is 2.61. The van der Waals surface area contributed by atoms with E-state index in [9.17, 15) is 0 Å². The molecule has 0 aliphatic carbocycles. The van der Waals surface area contributed by atoms with Crippen LogP contribution in [0.5, 0.6) is 0 Å². The summed E-state index contributed by atoms with van der Waals surface area (Å²) in [5.74, 6) is 0. The molecule has 0 aromatic carbocycles. The Morgan fingerprint density at radius 1 is 1.28 bits per heavy atom. The molecular formula is C17H29N. The molecule has 0 saturated carbocycles. The molecular weight excluding hydrogens is 218 g/mol. The number of hydrogen-bond acceptors (Lipinski definition) is 1. The van der Waals surface area contributed by atoms with Crippen molar-refractivity contribution in [1.82, 2.24) is 4.90 Å². The molecule has 0 radical (unpaired) electrons. The van der Waals surface area contributed by atoms with Crippen LogP contribution in [0.1, 0.15) is 40.0 Å². The summed E-state index contributed by atoms with van der Waals surface area (Å²) in [5, 5.41) is 0. The molecule has 0 amide bonds. The Balaban J connectivity index is 4.34. The molecule has 0 atom stereocenters. The first kappa shape index (κ1) is 16.9. The molecule has 0 bridgehead atoms. The van der Waals surface area contributed by atoms with Crippen molar-refractivity contribution in [2.24, 2.45) is 0 Å². The summed E-state index contributed by atoms with van der Waals surface area (Å²) in [6, 6.07) is 0. The van der Waals surface area contributed by atoms with Gasteiger partial charge >= 0.3 is 0 Å². The summed E-state index contributed by atoms with van der Waals surface area (Å²) in [7, 11) is 0. The van der Waals surface area contributed by atoms with Crippen LogP contribution in [0.15, 0.2) is 48.6 Å². The van der Waals surface area contributed by atoms with E-state index in [0.717, 1.165) is 26.1 Å². The lowest BCUT2D eigenvalue weighted by atomic mass is 10.1. The molecule has 0 fully saturated rings. The standard InChI is InChI=1S/C17H29N/c1-6-10-17(11-7-2)15-18(13-8-3)14-9-12-16(4)5/h6-7,10-11H,1,4,8-9,12-15H2,2-3,5H3/b11-7+,17-10+. The van der Waals surface area contributed by atoms with E-state index in [2.05, 4.69) is 57.1 Å². The number of nitrogens with zero attached hydrogens (tertiary/aromatic N) is 1. The van der Waals surface area contributed by atoms with Crippen LogP contribution < -0.4 is 0 Å². The molecule has 0 N–H and O–H groups in total. The molecule has 0 rings (SSSR count). The number of hydrogen-bond donors (Lipinski definition) is 0. The van der Waals surface area contributed by atoms with E-state index in [1.54, 1.807) is 0 Å². The fourth-order valence-electron chi connectivity index (χ4n) is 1.98. The smallest absolute Gasteiger partial charge is 0.0233 e. The van der Waals surface area contributed by atoms with E-state index in [1.165, 1.54) is 24.0 Å². The van der Waals surface area contributed by atoms with Gasteiger partial charge in [0.05, 0.1) is 0 Å². The fourth-order valence-corrected chi connectivity index (χ4v) is 1.98. The van der Waals surface area contributed by atoms with Crippen molar-refractivity contribution in [3.8, 4) is 0 Å². The minimum absolute atomic E-state index is 1.01. The zero-order chi connectivity index (χ0) is 13.8. The Morgan fingerprint density at radius 3 is 2.50 bits per heavy atom. The van der Waals surface area contributed by atoms with Crippen molar-refractivity contribution in [3.63, 3.8) is 0 Å². The van der Waals surface area contributed by atoms with Crippen LogP contribution in [0.2, 0.25) is 0 Å². The third-order valence-electron chi connectivity index (χ3n) is 2.74. The Kier molecular flexibility index (Phi) is 10.4. The minimum atomic E-state index is 1.01. The minimum Gasteiger partial charge on any atom is -0.299 e. The maximum atomic E-state index is 3.96. The van der Waals surface area contributed by atoms with Crippen molar-refractivity contribution < 1.29 is 0 Å². The monoisotopic (exact) mass is 247 g/mol. The van der Waals surface area contributed by atoms with Gasteiger partial charge in [-0.3, -0.25) is 4.90 Å². The first-order chi connectivity index (χ1) is 8.63. The second kappa shape index (κ2) is 11.0. The zero-order valence-corrected chi connectivity index (χ0v) is 12.4. The van der Waals surface area contributed by atoms with Crippen molar-refractivity contribution in [1.29, 1.82) is 0 Å².